The second-order valence-electron chi connectivity index (χ2n) is 17.2. The molecule has 54 heavy (non-hydrogen) atoms. The molecule has 2 amide bonds. The molecular weight excluding hydrogens is 725 g/mol. The van der Waals surface area contributed by atoms with E-state index in [2.05, 4.69) is 76.7 Å². The zero-order valence-electron chi connectivity index (χ0n) is 34.0. The van der Waals surface area contributed by atoms with Crippen LogP contribution in [-0.2, 0) is 32.4 Å². The molecule has 0 unspecified atom stereocenters. The van der Waals surface area contributed by atoms with Gasteiger partial charge in [-0.25, -0.2) is 28.9 Å². The largest absolute Gasteiger partial charge is 0.444 e. The fourth-order valence-electron chi connectivity index (χ4n) is 4.58. The van der Waals surface area contributed by atoms with E-state index >= 15 is 0 Å². The van der Waals surface area contributed by atoms with E-state index in [4.69, 9.17) is 18.9 Å². The van der Waals surface area contributed by atoms with Gasteiger partial charge in [0.15, 0.2) is 6.29 Å². The monoisotopic (exact) mass is 782 g/mol. The Morgan fingerprint density at radius 3 is 1.46 bits per heavy atom. The Hall–Kier alpha value is -4.46. The number of rotatable bonds is 14. The third-order valence-corrected chi connectivity index (χ3v) is 10.7. The van der Waals surface area contributed by atoms with Crippen LogP contribution in [0.4, 0.5) is 21.0 Å². The smallest absolute Gasteiger partial charge is 0.412 e. The van der Waals surface area contributed by atoms with E-state index in [0.29, 0.717) is 54.2 Å². The first-order chi connectivity index (χ1) is 25.0. The summed E-state index contributed by atoms with van der Waals surface area (Å²) in [6.07, 6.45) is 4.25. The van der Waals surface area contributed by atoms with Gasteiger partial charge in [0.25, 0.3) is 0 Å². The number of nitrogens with zero attached hydrogens (tertiary/aromatic N) is 6. The van der Waals surface area contributed by atoms with E-state index in [9.17, 15) is 14.4 Å². The van der Waals surface area contributed by atoms with Gasteiger partial charge in [-0.1, -0.05) is 45.9 Å². The lowest BCUT2D eigenvalue weighted by atomic mass is 10.2. The summed E-state index contributed by atoms with van der Waals surface area (Å²) in [4.78, 5) is 44.3. The number of nitrogens with one attached hydrogen (secondary N) is 2. The van der Waals surface area contributed by atoms with Crippen molar-refractivity contribution in [3.05, 3.63) is 42.5 Å². The van der Waals surface area contributed by atoms with Crippen molar-refractivity contribution >= 4 is 74.1 Å². The molecule has 17 heteroatoms. The maximum absolute atomic E-state index is 12.1. The second kappa shape index (κ2) is 18.2. The van der Waals surface area contributed by atoms with E-state index in [1.165, 1.54) is 0 Å². The second-order valence-corrected chi connectivity index (χ2v) is 28.5. The number of carbonyl (C=O) groups is 3. The molecule has 0 aliphatic rings. The van der Waals surface area contributed by atoms with E-state index in [0.717, 1.165) is 17.6 Å². The topological polar surface area (TPSA) is 174 Å². The maximum atomic E-state index is 12.1. The fourth-order valence-corrected chi connectivity index (χ4v) is 6.09. The van der Waals surface area contributed by atoms with Crippen molar-refractivity contribution in [1.29, 1.82) is 0 Å². The number of hydrogen-bond acceptors (Lipinski definition) is 11. The van der Waals surface area contributed by atoms with Crippen LogP contribution in [-0.4, -0.2) is 88.6 Å². The lowest BCUT2D eigenvalue weighted by molar-refractivity contribution is 0.0624. The van der Waals surface area contributed by atoms with Gasteiger partial charge in [0.1, 0.15) is 41.4 Å². The molecule has 296 valence electrons. The molecule has 4 aromatic heterocycles. The summed E-state index contributed by atoms with van der Waals surface area (Å²) >= 11 is 0. The Morgan fingerprint density at radius 1 is 0.722 bits per heavy atom. The summed E-state index contributed by atoms with van der Waals surface area (Å²) in [5.41, 5.74) is 2.97. The number of carbonyl (C=O) groups excluding carboxylic acids is 3. The van der Waals surface area contributed by atoms with E-state index in [1.807, 2.05) is 26.8 Å². The van der Waals surface area contributed by atoms with Crippen molar-refractivity contribution < 1.29 is 33.3 Å². The summed E-state index contributed by atoms with van der Waals surface area (Å²) < 4.78 is 25.5. The number of aromatic nitrogens is 6. The molecule has 0 bridgehead atoms. The van der Waals surface area contributed by atoms with Crippen LogP contribution >= 0.6 is 0 Å². The van der Waals surface area contributed by atoms with Crippen LogP contribution in [0.1, 0.15) is 57.7 Å². The average molecular weight is 783 g/mol. The van der Waals surface area contributed by atoms with Gasteiger partial charge in [-0.3, -0.25) is 15.4 Å². The highest BCUT2D eigenvalue weighted by Crippen LogP contribution is 2.24. The molecular formula is C37H58N8O7Si2. The molecule has 4 rings (SSSR count). The Morgan fingerprint density at radius 2 is 1.11 bits per heavy atom. The predicted octanol–water partition coefficient (Wildman–Crippen LogP) is 8.64. The quantitative estimate of drug-likeness (QED) is 0.0712. The zero-order valence-corrected chi connectivity index (χ0v) is 36.0. The molecule has 2 N–H and O–H groups in total. The standard InChI is InChI=1S/C19H30N4O3Si.C18H28N4O4Si/c1-8-14-15(22-18(24)26-19(2,3)4)11-17-16(21-14)12-20-23(17)13-25-9-10-27(5,6)7;1-18(2,3)26-17(24)21-13-9-16-14(20-15(13)11-23)10-19-22(16)12-25-7-8-27(4,5)6/h8,11-12H,1,9-10,13H2,2-7H3,(H,22,24);9-11H,7-8,12H2,1-6H3,(H,21,24). The first kappa shape index (κ1) is 43.9. The average Bonchev–Trinajstić information content (AvgIpc) is 3.60. The van der Waals surface area contributed by atoms with Crippen molar-refractivity contribution in [3.8, 4) is 0 Å². The van der Waals surface area contributed by atoms with Crippen LogP contribution in [0.15, 0.2) is 31.1 Å². The van der Waals surface area contributed by atoms with Crippen LogP contribution in [0.2, 0.25) is 51.4 Å². The summed E-state index contributed by atoms with van der Waals surface area (Å²) in [6, 6.07) is 5.63. The summed E-state index contributed by atoms with van der Waals surface area (Å²) in [5.74, 6) is 0. The number of hydrogen-bond donors (Lipinski definition) is 2. The molecule has 0 aromatic carbocycles. The lowest BCUT2D eigenvalue weighted by Crippen LogP contribution is -2.27. The van der Waals surface area contributed by atoms with Crippen LogP contribution in [0.3, 0.4) is 0 Å². The van der Waals surface area contributed by atoms with Gasteiger partial charge in [0, 0.05) is 29.4 Å². The van der Waals surface area contributed by atoms with Gasteiger partial charge in [0.2, 0.25) is 0 Å². The summed E-state index contributed by atoms with van der Waals surface area (Å²) in [7, 11) is -2.29. The predicted molar refractivity (Wildman–Crippen MR) is 218 cm³/mol. The highest BCUT2D eigenvalue weighted by atomic mass is 28.3. The van der Waals surface area contributed by atoms with Crippen molar-refractivity contribution in [3.63, 3.8) is 0 Å². The number of amides is 2. The molecule has 0 atom stereocenters. The Balaban J connectivity index is 0.000000290. The van der Waals surface area contributed by atoms with Crippen LogP contribution in [0.5, 0.6) is 0 Å². The first-order valence-corrected chi connectivity index (χ1v) is 25.3. The van der Waals surface area contributed by atoms with Crippen LogP contribution in [0, 0.1) is 0 Å². The Kier molecular flexibility index (Phi) is 14.9. The molecule has 4 heterocycles. The minimum atomic E-state index is -1.16. The number of aldehydes is 1. The number of fused-ring (bicyclic) bond motifs is 2. The van der Waals surface area contributed by atoms with Gasteiger partial charge < -0.3 is 18.9 Å². The van der Waals surface area contributed by atoms with E-state index in [1.54, 1.807) is 54.7 Å². The number of anilines is 2. The van der Waals surface area contributed by atoms with Crippen molar-refractivity contribution in [2.75, 3.05) is 23.8 Å². The molecule has 4 aromatic rings. The van der Waals surface area contributed by atoms with Gasteiger partial charge in [0.05, 0.1) is 40.5 Å². The first-order valence-electron chi connectivity index (χ1n) is 17.9. The minimum Gasteiger partial charge on any atom is -0.444 e. The van der Waals surface area contributed by atoms with Gasteiger partial charge in [-0.15, -0.1) is 0 Å². The van der Waals surface area contributed by atoms with Gasteiger partial charge in [-0.05, 0) is 71.8 Å². The van der Waals surface area contributed by atoms with Crippen molar-refractivity contribution in [2.24, 2.45) is 0 Å². The van der Waals surface area contributed by atoms with Gasteiger partial charge >= 0.3 is 12.2 Å². The maximum Gasteiger partial charge on any atom is 0.412 e. The SMILES string of the molecule is C=Cc1nc2cnn(COCC[Si](C)(C)C)c2cc1NC(=O)OC(C)(C)C.CC(C)(C)OC(=O)Nc1cc2c(cnn2COCC[Si](C)(C)C)nc1C=O. The molecule has 0 saturated carbocycles. The highest BCUT2D eigenvalue weighted by Gasteiger charge is 2.21. The third kappa shape index (κ3) is 14.8. The fraction of sp³-hybridized carbons (Fsp3) is 0.541. The normalized spacial score (nSPS) is 12.2. The Bertz CT molecular complexity index is 1780. The molecule has 15 nitrogen and oxygen atoms in total. The number of ether oxygens (including phenoxy) is 4. The van der Waals surface area contributed by atoms with E-state index < -0.39 is 39.5 Å². The third-order valence-electron chi connectivity index (χ3n) is 7.31. The summed E-state index contributed by atoms with van der Waals surface area (Å²) in [6.45, 7) is 30.3. The van der Waals surface area contributed by atoms with Crippen LogP contribution in [0.25, 0.3) is 28.1 Å². The van der Waals surface area contributed by atoms with E-state index in [-0.39, 0.29) is 18.1 Å². The highest BCUT2D eigenvalue weighted by molar-refractivity contribution is 6.76. The molecule has 0 aliphatic heterocycles. The minimum absolute atomic E-state index is 0.118. The molecule has 0 saturated heterocycles. The Labute approximate surface area is 320 Å². The molecule has 0 radical (unpaired) electrons. The molecule has 0 spiro atoms. The molecule has 0 fully saturated rings. The lowest BCUT2D eigenvalue weighted by Gasteiger charge is -2.20. The van der Waals surface area contributed by atoms with Crippen LogP contribution < -0.4 is 10.6 Å². The molecule has 0 aliphatic carbocycles. The number of pyridine rings is 2. The van der Waals surface area contributed by atoms with Crippen molar-refractivity contribution in [2.45, 2.75) is 118 Å². The summed E-state index contributed by atoms with van der Waals surface area (Å²) in [5, 5.41) is 13.9. The van der Waals surface area contributed by atoms with Gasteiger partial charge in [-0.2, -0.15) is 10.2 Å². The van der Waals surface area contributed by atoms with Crippen molar-refractivity contribution in [1.82, 2.24) is 29.5 Å². The zero-order chi connectivity index (χ0) is 40.5.